The molecule has 1 amide bonds. The average molecular weight is 784 g/mol. The van der Waals surface area contributed by atoms with Crippen molar-refractivity contribution in [2.45, 2.75) is 30.4 Å². The number of rotatable bonds is 14. The number of benzene rings is 5. The molecular weight excluding hydrogens is 746 g/mol. The summed E-state index contributed by atoms with van der Waals surface area (Å²) >= 11 is 7.43. The zero-order chi connectivity index (χ0) is 34.1. The summed E-state index contributed by atoms with van der Waals surface area (Å²) in [5.41, 5.74) is 9.66. The van der Waals surface area contributed by atoms with E-state index in [1.165, 1.54) is 0 Å². The van der Waals surface area contributed by atoms with Crippen molar-refractivity contribution in [3.8, 4) is 5.75 Å². The van der Waals surface area contributed by atoms with E-state index in [1.54, 1.807) is 0 Å². The number of aliphatic hydroxyl groups excluding tert-OH is 1. The number of carbonyl (C=O) groups is 1. The smallest absolute Gasteiger partial charge is 0.266 e. The molecule has 0 fully saturated rings. The second-order valence-corrected chi connectivity index (χ2v) is 13.5. The highest BCUT2D eigenvalue weighted by Gasteiger charge is 2.54. The Labute approximate surface area is 303 Å². The van der Waals surface area contributed by atoms with Crippen molar-refractivity contribution in [1.29, 1.82) is 0 Å². The van der Waals surface area contributed by atoms with Crippen LogP contribution in [0.15, 0.2) is 147 Å². The molecule has 6 rings (SSSR count). The van der Waals surface area contributed by atoms with Gasteiger partial charge in [-0.2, -0.15) is 0 Å². The van der Waals surface area contributed by atoms with E-state index in [0.29, 0.717) is 31.2 Å². The third-order valence-electron chi connectivity index (χ3n) is 8.55. The van der Waals surface area contributed by atoms with Gasteiger partial charge in [-0.3, -0.25) is 10.2 Å². The lowest BCUT2D eigenvalue weighted by atomic mass is 9.82. The molecule has 250 valence electrons. The van der Waals surface area contributed by atoms with E-state index in [-0.39, 0.29) is 24.9 Å². The van der Waals surface area contributed by atoms with E-state index in [0.717, 1.165) is 36.8 Å². The standard InChI is InChI=1S/C40H37Br2N3O4/c41-35-18-9-7-16-31(35)26-40(39(47)45-43-27-34(28-12-3-1-4-13-28)29-14-5-2-6-15-29)37(33-17-8-10-19-36(33)42)49-38(44-40)30-20-22-32(23-21-30)48-25-11-24-46/h1-10,12-23,34,37,43,46H,11,24-27H2,(H,45,47)/t37-,40-/m0/s1. The Bertz CT molecular complexity index is 1830. The molecule has 9 heteroatoms. The van der Waals surface area contributed by atoms with Crippen LogP contribution in [0.4, 0.5) is 0 Å². The minimum absolute atomic E-state index is 0.00187. The number of hydrazine groups is 1. The fourth-order valence-electron chi connectivity index (χ4n) is 6.02. The summed E-state index contributed by atoms with van der Waals surface area (Å²) in [6, 6.07) is 43.6. The lowest BCUT2D eigenvalue weighted by Crippen LogP contribution is -2.54. The molecule has 1 aliphatic heterocycles. The zero-order valence-corrected chi connectivity index (χ0v) is 29.9. The van der Waals surface area contributed by atoms with Gasteiger partial charge in [-0.15, -0.1) is 0 Å². The first-order chi connectivity index (χ1) is 24.0. The SMILES string of the molecule is O=C(NNCC(c1ccccc1)c1ccccc1)[C@@]1(Cc2ccccc2Br)N=C(c2ccc(OCCCO)cc2)O[C@H]1c1ccccc1Br. The maximum absolute atomic E-state index is 14.8. The Balaban J connectivity index is 1.36. The third-order valence-corrected chi connectivity index (χ3v) is 10.0. The maximum atomic E-state index is 14.8. The van der Waals surface area contributed by atoms with Crippen LogP contribution in [0.2, 0.25) is 0 Å². The summed E-state index contributed by atoms with van der Waals surface area (Å²) in [5, 5.41) is 9.12. The number of hydrogen-bond acceptors (Lipinski definition) is 6. The third kappa shape index (κ3) is 8.13. The molecule has 0 aliphatic carbocycles. The summed E-state index contributed by atoms with van der Waals surface area (Å²) in [6.07, 6.45) is 0.0516. The lowest BCUT2D eigenvalue weighted by molar-refractivity contribution is -0.130. The molecular formula is C40H37Br2N3O4. The van der Waals surface area contributed by atoms with Crippen molar-refractivity contribution in [2.24, 2.45) is 4.99 Å². The molecule has 0 unspecified atom stereocenters. The van der Waals surface area contributed by atoms with Gasteiger partial charge in [0, 0.05) is 52.0 Å². The molecule has 2 atom stereocenters. The average Bonchev–Trinajstić information content (AvgIpc) is 3.52. The molecule has 0 saturated carbocycles. The highest BCUT2D eigenvalue weighted by atomic mass is 79.9. The Morgan fingerprint density at radius 3 is 2.06 bits per heavy atom. The van der Waals surface area contributed by atoms with Crippen LogP contribution in [-0.4, -0.2) is 42.2 Å². The summed E-state index contributed by atoms with van der Waals surface area (Å²) < 4.78 is 14.1. The van der Waals surface area contributed by atoms with Crippen LogP contribution in [0.1, 0.15) is 46.3 Å². The van der Waals surface area contributed by atoms with Crippen LogP contribution in [0.3, 0.4) is 0 Å². The first kappa shape index (κ1) is 34.6. The molecule has 5 aromatic rings. The first-order valence-electron chi connectivity index (χ1n) is 16.2. The van der Waals surface area contributed by atoms with E-state index in [1.807, 2.05) is 109 Å². The van der Waals surface area contributed by atoms with Gasteiger partial charge in [0.15, 0.2) is 11.6 Å². The van der Waals surface area contributed by atoms with Crippen LogP contribution in [0, 0.1) is 0 Å². The van der Waals surface area contributed by atoms with Gasteiger partial charge < -0.3 is 14.6 Å². The van der Waals surface area contributed by atoms with Crippen LogP contribution in [-0.2, 0) is 16.0 Å². The molecule has 7 nitrogen and oxygen atoms in total. The highest BCUT2D eigenvalue weighted by molar-refractivity contribution is 9.10. The van der Waals surface area contributed by atoms with Crippen molar-refractivity contribution in [2.75, 3.05) is 19.8 Å². The van der Waals surface area contributed by atoms with Gasteiger partial charge in [-0.1, -0.05) is 129 Å². The molecule has 1 heterocycles. The van der Waals surface area contributed by atoms with E-state index >= 15 is 0 Å². The molecule has 0 bridgehead atoms. The van der Waals surface area contributed by atoms with Crippen molar-refractivity contribution < 1.29 is 19.4 Å². The topological polar surface area (TPSA) is 92.2 Å². The Hall–Kier alpha value is -4.28. The van der Waals surface area contributed by atoms with Crippen LogP contribution in [0.25, 0.3) is 0 Å². The van der Waals surface area contributed by atoms with E-state index < -0.39 is 11.6 Å². The number of nitrogens with one attached hydrogen (secondary N) is 2. The number of aliphatic imine (C=N–C) groups is 1. The van der Waals surface area contributed by atoms with Crippen molar-refractivity contribution >= 4 is 43.7 Å². The Morgan fingerprint density at radius 1 is 0.816 bits per heavy atom. The normalized spacial score (nSPS) is 17.0. The van der Waals surface area contributed by atoms with Gasteiger partial charge in [0.1, 0.15) is 5.75 Å². The Morgan fingerprint density at radius 2 is 1.43 bits per heavy atom. The van der Waals surface area contributed by atoms with Crippen LogP contribution < -0.4 is 15.6 Å². The fourth-order valence-corrected chi connectivity index (χ4v) is 6.94. The van der Waals surface area contributed by atoms with E-state index in [9.17, 15) is 4.79 Å². The molecule has 3 N–H and O–H groups in total. The Kier molecular flexibility index (Phi) is 11.6. The molecule has 0 radical (unpaired) electrons. The van der Waals surface area contributed by atoms with Gasteiger partial charge in [-0.25, -0.2) is 10.4 Å². The second kappa shape index (κ2) is 16.4. The maximum Gasteiger partial charge on any atom is 0.266 e. The molecule has 5 aromatic carbocycles. The van der Waals surface area contributed by atoms with Gasteiger partial charge >= 0.3 is 0 Å². The first-order valence-corrected chi connectivity index (χ1v) is 17.8. The van der Waals surface area contributed by atoms with Crippen LogP contribution in [0.5, 0.6) is 5.75 Å². The zero-order valence-electron chi connectivity index (χ0n) is 26.8. The molecule has 1 aliphatic rings. The molecule has 0 aromatic heterocycles. The number of amides is 1. The summed E-state index contributed by atoms with van der Waals surface area (Å²) in [6.45, 7) is 0.934. The lowest BCUT2D eigenvalue weighted by Gasteiger charge is -2.32. The number of hydrogen-bond donors (Lipinski definition) is 3. The minimum atomic E-state index is -1.39. The molecule has 0 spiro atoms. The number of aliphatic hydroxyl groups is 1. The number of halogens is 2. The van der Waals surface area contributed by atoms with Crippen molar-refractivity contribution in [3.05, 3.63) is 170 Å². The number of ether oxygens (including phenoxy) is 2. The van der Waals surface area contributed by atoms with Gasteiger partial charge in [0.2, 0.25) is 5.90 Å². The highest BCUT2D eigenvalue weighted by Crippen LogP contribution is 2.45. The summed E-state index contributed by atoms with van der Waals surface area (Å²) in [4.78, 5) is 19.9. The number of nitrogens with zero attached hydrogens (tertiary/aromatic N) is 1. The number of carbonyl (C=O) groups excluding carboxylic acids is 1. The van der Waals surface area contributed by atoms with E-state index in [2.05, 4.69) is 67.0 Å². The summed E-state index contributed by atoms with van der Waals surface area (Å²) in [7, 11) is 0. The predicted octanol–water partition coefficient (Wildman–Crippen LogP) is 7.93. The predicted molar refractivity (Wildman–Crippen MR) is 200 cm³/mol. The largest absolute Gasteiger partial charge is 0.494 e. The fraction of sp³-hybridized carbons (Fsp3) is 0.200. The summed E-state index contributed by atoms with van der Waals surface area (Å²) in [5.74, 6) is 0.711. The minimum Gasteiger partial charge on any atom is -0.494 e. The molecule has 0 saturated heterocycles. The van der Waals surface area contributed by atoms with Crippen LogP contribution >= 0.6 is 31.9 Å². The van der Waals surface area contributed by atoms with E-state index in [4.69, 9.17) is 19.6 Å². The van der Waals surface area contributed by atoms with Crippen molar-refractivity contribution in [1.82, 2.24) is 10.9 Å². The van der Waals surface area contributed by atoms with Gasteiger partial charge in [-0.05, 0) is 53.1 Å². The second-order valence-electron chi connectivity index (χ2n) is 11.8. The monoisotopic (exact) mass is 781 g/mol. The van der Waals surface area contributed by atoms with Gasteiger partial charge in [0.25, 0.3) is 5.91 Å². The van der Waals surface area contributed by atoms with Gasteiger partial charge in [0.05, 0.1) is 6.61 Å². The molecule has 49 heavy (non-hydrogen) atoms. The van der Waals surface area contributed by atoms with Crippen molar-refractivity contribution in [3.63, 3.8) is 0 Å². The quantitative estimate of drug-likeness (QED) is 0.0787.